The van der Waals surface area contributed by atoms with E-state index in [0.717, 1.165) is 31.1 Å². The molecule has 4 heteroatoms. The van der Waals surface area contributed by atoms with Crippen molar-refractivity contribution in [2.75, 3.05) is 23.3 Å². The lowest BCUT2D eigenvalue weighted by Gasteiger charge is -2.28. The summed E-state index contributed by atoms with van der Waals surface area (Å²) in [6.45, 7) is 8.82. The van der Waals surface area contributed by atoms with E-state index in [4.69, 9.17) is 0 Å². The largest absolute Gasteiger partial charge is 0.370 e. The summed E-state index contributed by atoms with van der Waals surface area (Å²) in [6, 6.07) is 2.70. The maximum absolute atomic E-state index is 4.44. The van der Waals surface area contributed by atoms with Crippen LogP contribution in [0.3, 0.4) is 0 Å². The molecule has 1 atom stereocenters. The van der Waals surface area contributed by atoms with E-state index in [-0.39, 0.29) is 0 Å². The molecule has 1 aromatic heterocycles. The van der Waals surface area contributed by atoms with Gasteiger partial charge in [0.2, 0.25) is 0 Å². The van der Waals surface area contributed by atoms with Gasteiger partial charge < -0.3 is 10.2 Å². The van der Waals surface area contributed by atoms with Crippen LogP contribution in [-0.4, -0.2) is 29.1 Å². The first-order valence-corrected chi connectivity index (χ1v) is 7.05. The second-order valence-corrected chi connectivity index (χ2v) is 5.34. The van der Waals surface area contributed by atoms with Crippen LogP contribution in [0.4, 0.5) is 11.6 Å². The Bertz CT molecular complexity index is 378. The van der Waals surface area contributed by atoms with Gasteiger partial charge >= 0.3 is 0 Å². The highest BCUT2D eigenvalue weighted by Gasteiger charge is 2.28. The molecule has 1 saturated heterocycles. The smallest absolute Gasteiger partial charge is 0.134 e. The van der Waals surface area contributed by atoms with Gasteiger partial charge in [0.25, 0.3) is 0 Å². The van der Waals surface area contributed by atoms with Crippen LogP contribution in [0.15, 0.2) is 12.4 Å². The Hall–Kier alpha value is -1.32. The Labute approximate surface area is 110 Å². The average Bonchev–Trinajstić information content (AvgIpc) is 2.86. The van der Waals surface area contributed by atoms with Gasteiger partial charge in [0.1, 0.15) is 18.0 Å². The van der Waals surface area contributed by atoms with E-state index < -0.39 is 0 Å². The van der Waals surface area contributed by atoms with Crippen LogP contribution < -0.4 is 10.2 Å². The molecular formula is C14H24N4. The number of hydrogen-bond donors (Lipinski definition) is 1. The Morgan fingerprint density at radius 2 is 2.28 bits per heavy atom. The predicted molar refractivity (Wildman–Crippen MR) is 76.0 cm³/mol. The first-order valence-electron chi connectivity index (χ1n) is 7.05. The fraction of sp³-hybridized carbons (Fsp3) is 0.714. The molecule has 1 aliphatic rings. The fourth-order valence-corrected chi connectivity index (χ4v) is 2.62. The number of hydrogen-bond acceptors (Lipinski definition) is 4. The monoisotopic (exact) mass is 248 g/mol. The summed E-state index contributed by atoms with van der Waals surface area (Å²) in [4.78, 5) is 11.1. The van der Waals surface area contributed by atoms with Gasteiger partial charge in [-0.05, 0) is 25.2 Å². The minimum atomic E-state index is 0.624. The van der Waals surface area contributed by atoms with Gasteiger partial charge in [-0.2, -0.15) is 0 Å². The van der Waals surface area contributed by atoms with Crippen molar-refractivity contribution in [1.82, 2.24) is 9.97 Å². The van der Waals surface area contributed by atoms with E-state index in [1.807, 2.05) is 0 Å². The molecule has 2 rings (SSSR count). The summed E-state index contributed by atoms with van der Waals surface area (Å²) in [7, 11) is 0. The Morgan fingerprint density at radius 3 is 3.00 bits per heavy atom. The van der Waals surface area contributed by atoms with Crippen LogP contribution in [0.25, 0.3) is 0 Å². The van der Waals surface area contributed by atoms with Crippen LogP contribution in [0.2, 0.25) is 0 Å². The zero-order valence-corrected chi connectivity index (χ0v) is 11.7. The molecular weight excluding hydrogens is 224 g/mol. The molecule has 0 saturated carbocycles. The van der Waals surface area contributed by atoms with Gasteiger partial charge in [-0.3, -0.25) is 0 Å². The second kappa shape index (κ2) is 6.03. The minimum absolute atomic E-state index is 0.624. The molecule has 18 heavy (non-hydrogen) atoms. The highest BCUT2D eigenvalue weighted by Crippen LogP contribution is 2.28. The van der Waals surface area contributed by atoms with E-state index in [0.29, 0.717) is 12.0 Å². The maximum Gasteiger partial charge on any atom is 0.134 e. The molecule has 1 unspecified atom stereocenters. The highest BCUT2D eigenvalue weighted by molar-refractivity contribution is 5.49. The molecule has 0 radical (unpaired) electrons. The van der Waals surface area contributed by atoms with Crippen molar-refractivity contribution in [3.63, 3.8) is 0 Å². The summed E-state index contributed by atoms with van der Waals surface area (Å²) in [5, 5.41) is 3.32. The number of anilines is 2. The Balaban J connectivity index is 2.12. The number of rotatable bonds is 5. The van der Waals surface area contributed by atoms with Crippen molar-refractivity contribution >= 4 is 11.6 Å². The molecule has 1 fully saturated rings. The van der Waals surface area contributed by atoms with Gasteiger partial charge in [0.05, 0.1) is 0 Å². The lowest BCUT2D eigenvalue weighted by molar-refractivity contribution is 0.489. The van der Waals surface area contributed by atoms with Crippen molar-refractivity contribution in [1.29, 1.82) is 0 Å². The van der Waals surface area contributed by atoms with E-state index in [1.165, 1.54) is 12.8 Å². The minimum Gasteiger partial charge on any atom is -0.370 e. The number of nitrogens with zero attached hydrogens (tertiary/aromatic N) is 3. The number of aromatic nitrogens is 2. The van der Waals surface area contributed by atoms with Crippen molar-refractivity contribution in [3.05, 3.63) is 12.4 Å². The Morgan fingerprint density at radius 1 is 1.44 bits per heavy atom. The molecule has 0 aliphatic carbocycles. The molecule has 0 spiro atoms. The third-order valence-corrected chi connectivity index (χ3v) is 3.57. The normalized spacial score (nSPS) is 19.6. The molecule has 0 amide bonds. The Kier molecular flexibility index (Phi) is 4.39. The third-order valence-electron chi connectivity index (χ3n) is 3.57. The van der Waals surface area contributed by atoms with Gasteiger partial charge in [-0.25, -0.2) is 9.97 Å². The molecule has 0 bridgehead atoms. The van der Waals surface area contributed by atoms with Crippen LogP contribution in [-0.2, 0) is 0 Å². The average molecular weight is 248 g/mol. The van der Waals surface area contributed by atoms with Crippen LogP contribution in [0.1, 0.15) is 40.0 Å². The van der Waals surface area contributed by atoms with Crippen LogP contribution in [0, 0.1) is 5.92 Å². The van der Waals surface area contributed by atoms with E-state index in [9.17, 15) is 0 Å². The van der Waals surface area contributed by atoms with E-state index >= 15 is 0 Å². The van der Waals surface area contributed by atoms with Gasteiger partial charge in [0, 0.05) is 25.2 Å². The zero-order valence-electron chi connectivity index (χ0n) is 11.7. The molecule has 2 heterocycles. The quantitative estimate of drug-likeness (QED) is 0.870. The lowest BCUT2D eigenvalue weighted by Crippen LogP contribution is -2.34. The van der Waals surface area contributed by atoms with Gasteiger partial charge in [-0.15, -0.1) is 0 Å². The van der Waals surface area contributed by atoms with Crippen molar-refractivity contribution in [2.45, 2.75) is 46.1 Å². The van der Waals surface area contributed by atoms with Crippen molar-refractivity contribution in [3.8, 4) is 0 Å². The van der Waals surface area contributed by atoms with Crippen molar-refractivity contribution < 1.29 is 0 Å². The fourth-order valence-electron chi connectivity index (χ4n) is 2.62. The summed E-state index contributed by atoms with van der Waals surface area (Å²) in [5.74, 6) is 2.69. The summed E-state index contributed by atoms with van der Waals surface area (Å²) in [5.41, 5.74) is 0. The van der Waals surface area contributed by atoms with E-state index in [2.05, 4.69) is 47.0 Å². The van der Waals surface area contributed by atoms with Gasteiger partial charge in [-0.1, -0.05) is 20.8 Å². The van der Waals surface area contributed by atoms with E-state index in [1.54, 1.807) is 6.33 Å². The molecule has 0 aromatic carbocycles. The molecule has 1 aromatic rings. The van der Waals surface area contributed by atoms with Crippen LogP contribution >= 0.6 is 0 Å². The summed E-state index contributed by atoms with van der Waals surface area (Å²) < 4.78 is 0. The zero-order chi connectivity index (χ0) is 13.0. The summed E-state index contributed by atoms with van der Waals surface area (Å²) in [6.07, 6.45) is 5.32. The van der Waals surface area contributed by atoms with Crippen molar-refractivity contribution in [2.24, 2.45) is 5.92 Å². The lowest BCUT2D eigenvalue weighted by atomic mass is 10.0. The first-order chi connectivity index (χ1) is 8.72. The van der Waals surface area contributed by atoms with Crippen LogP contribution in [0.5, 0.6) is 0 Å². The molecule has 4 nitrogen and oxygen atoms in total. The topological polar surface area (TPSA) is 41.0 Å². The SMILES string of the molecule is CCCNc1cc(N2CCCC2C(C)C)ncn1. The summed E-state index contributed by atoms with van der Waals surface area (Å²) >= 11 is 0. The molecule has 1 aliphatic heterocycles. The standard InChI is InChI=1S/C14H24N4/c1-4-7-15-13-9-14(17-10-16-13)18-8-5-6-12(18)11(2)3/h9-12H,4-8H2,1-3H3,(H,15,16,17). The third kappa shape index (κ3) is 2.92. The predicted octanol–water partition coefficient (Wildman–Crippen LogP) is 2.92. The maximum atomic E-state index is 4.44. The molecule has 1 N–H and O–H groups in total. The first kappa shape index (κ1) is 13.1. The highest BCUT2D eigenvalue weighted by atomic mass is 15.2. The van der Waals surface area contributed by atoms with Gasteiger partial charge in [0.15, 0.2) is 0 Å². The molecule has 100 valence electrons. The number of nitrogens with one attached hydrogen (secondary N) is 1. The second-order valence-electron chi connectivity index (χ2n) is 5.34.